The molecule has 0 aliphatic heterocycles. The lowest BCUT2D eigenvalue weighted by atomic mass is 10.1. The second-order valence-electron chi connectivity index (χ2n) is 4.20. The molecule has 20 heavy (non-hydrogen) atoms. The zero-order chi connectivity index (χ0) is 14.8. The van der Waals surface area contributed by atoms with Crippen LogP contribution in [-0.4, -0.2) is 5.11 Å². The van der Waals surface area contributed by atoms with Crippen LogP contribution in [0.1, 0.15) is 11.1 Å². The molecule has 0 aliphatic carbocycles. The van der Waals surface area contributed by atoms with Gasteiger partial charge in [-0.3, -0.25) is 0 Å². The van der Waals surface area contributed by atoms with E-state index in [1.807, 2.05) is 0 Å². The SMILES string of the molecule is Nc1ccc(COc2ccc(O)cc2)c(C(F)(F)F)c1. The standard InChI is InChI=1S/C14H12F3NO2/c15-14(16,17)13-7-10(18)2-1-9(13)8-20-12-5-3-11(19)4-6-12/h1-7,19H,8,18H2. The quantitative estimate of drug-likeness (QED) is 0.847. The van der Waals surface area contributed by atoms with Gasteiger partial charge in [-0.25, -0.2) is 0 Å². The van der Waals surface area contributed by atoms with Crippen LogP contribution < -0.4 is 10.5 Å². The predicted octanol–water partition coefficient (Wildman–Crippen LogP) is 3.57. The molecule has 0 saturated carbocycles. The molecule has 2 aromatic rings. The summed E-state index contributed by atoms with van der Waals surface area (Å²) in [6.45, 7) is -0.236. The van der Waals surface area contributed by atoms with Crippen molar-refractivity contribution in [2.75, 3.05) is 5.73 Å². The highest BCUT2D eigenvalue weighted by molar-refractivity contribution is 5.46. The van der Waals surface area contributed by atoms with E-state index in [9.17, 15) is 13.2 Å². The minimum Gasteiger partial charge on any atom is -0.508 e. The smallest absolute Gasteiger partial charge is 0.416 e. The summed E-state index contributed by atoms with van der Waals surface area (Å²) in [4.78, 5) is 0. The van der Waals surface area contributed by atoms with Crippen molar-refractivity contribution in [3.63, 3.8) is 0 Å². The average Bonchev–Trinajstić information content (AvgIpc) is 2.38. The molecule has 0 fully saturated rings. The van der Waals surface area contributed by atoms with Crippen LogP contribution in [0.2, 0.25) is 0 Å². The molecule has 2 aromatic carbocycles. The summed E-state index contributed by atoms with van der Waals surface area (Å²) in [5, 5.41) is 9.11. The third kappa shape index (κ3) is 3.34. The van der Waals surface area contributed by atoms with Crippen LogP contribution in [0.4, 0.5) is 18.9 Å². The molecule has 0 heterocycles. The van der Waals surface area contributed by atoms with E-state index in [-0.39, 0.29) is 23.6 Å². The van der Waals surface area contributed by atoms with E-state index in [4.69, 9.17) is 15.6 Å². The summed E-state index contributed by atoms with van der Waals surface area (Å²) in [5.74, 6) is 0.425. The van der Waals surface area contributed by atoms with E-state index < -0.39 is 11.7 Å². The number of halogens is 3. The molecular formula is C14H12F3NO2. The highest BCUT2D eigenvalue weighted by atomic mass is 19.4. The second-order valence-corrected chi connectivity index (χ2v) is 4.20. The van der Waals surface area contributed by atoms with E-state index >= 15 is 0 Å². The van der Waals surface area contributed by atoms with Crippen LogP contribution in [0, 0.1) is 0 Å². The van der Waals surface area contributed by atoms with Crippen molar-refractivity contribution in [1.82, 2.24) is 0 Å². The Hall–Kier alpha value is -2.37. The van der Waals surface area contributed by atoms with Crippen molar-refractivity contribution in [2.45, 2.75) is 12.8 Å². The van der Waals surface area contributed by atoms with Crippen LogP contribution in [0.15, 0.2) is 42.5 Å². The minimum atomic E-state index is -4.48. The van der Waals surface area contributed by atoms with Crippen LogP contribution in [0.25, 0.3) is 0 Å². The predicted molar refractivity (Wildman–Crippen MR) is 68.3 cm³/mol. The number of aromatic hydroxyl groups is 1. The molecule has 0 bridgehead atoms. The Bertz CT molecular complexity index is 594. The number of ether oxygens (including phenoxy) is 1. The molecule has 0 amide bonds. The summed E-state index contributed by atoms with van der Waals surface area (Å²) in [6.07, 6.45) is -4.48. The van der Waals surface area contributed by atoms with Crippen LogP contribution in [-0.2, 0) is 12.8 Å². The normalized spacial score (nSPS) is 11.3. The molecule has 3 nitrogen and oxygen atoms in total. The molecule has 0 unspecified atom stereocenters. The molecule has 0 saturated heterocycles. The van der Waals surface area contributed by atoms with E-state index in [0.717, 1.165) is 6.07 Å². The van der Waals surface area contributed by atoms with Gasteiger partial charge < -0.3 is 15.6 Å². The summed E-state index contributed by atoms with van der Waals surface area (Å²) in [7, 11) is 0. The molecule has 0 aromatic heterocycles. The van der Waals surface area contributed by atoms with E-state index in [1.165, 1.54) is 36.4 Å². The molecule has 2 rings (SSSR count). The van der Waals surface area contributed by atoms with Crippen LogP contribution in [0.5, 0.6) is 11.5 Å². The van der Waals surface area contributed by atoms with Gasteiger partial charge in [-0.15, -0.1) is 0 Å². The number of rotatable bonds is 3. The van der Waals surface area contributed by atoms with Gasteiger partial charge in [0, 0.05) is 11.3 Å². The Labute approximate surface area is 113 Å². The van der Waals surface area contributed by atoms with Gasteiger partial charge in [-0.1, -0.05) is 6.07 Å². The second kappa shape index (κ2) is 5.32. The Kier molecular flexibility index (Phi) is 3.74. The van der Waals surface area contributed by atoms with Gasteiger partial charge in [0.2, 0.25) is 0 Å². The number of alkyl halides is 3. The molecule has 106 valence electrons. The zero-order valence-corrected chi connectivity index (χ0v) is 10.3. The Morgan fingerprint density at radius 1 is 1.05 bits per heavy atom. The summed E-state index contributed by atoms with van der Waals surface area (Å²) in [6, 6.07) is 9.30. The average molecular weight is 283 g/mol. The maximum absolute atomic E-state index is 12.9. The fraction of sp³-hybridized carbons (Fsp3) is 0.143. The Morgan fingerprint density at radius 3 is 2.30 bits per heavy atom. The van der Waals surface area contributed by atoms with Crippen LogP contribution >= 0.6 is 0 Å². The minimum absolute atomic E-state index is 0.000208. The summed E-state index contributed by atoms with van der Waals surface area (Å²) < 4.78 is 43.9. The molecule has 0 aliphatic rings. The van der Waals surface area contributed by atoms with Crippen molar-refractivity contribution in [1.29, 1.82) is 0 Å². The van der Waals surface area contributed by atoms with Crippen molar-refractivity contribution in [3.05, 3.63) is 53.6 Å². The number of anilines is 1. The number of phenols is 1. The number of nitrogens with two attached hydrogens (primary N) is 1. The third-order valence-electron chi connectivity index (χ3n) is 2.67. The molecule has 0 radical (unpaired) electrons. The number of hydrogen-bond acceptors (Lipinski definition) is 3. The van der Waals surface area contributed by atoms with Gasteiger partial charge in [0.15, 0.2) is 0 Å². The number of phenolic OH excluding ortho intramolecular Hbond substituents is 1. The number of hydrogen-bond donors (Lipinski definition) is 2. The van der Waals surface area contributed by atoms with Gasteiger partial charge >= 0.3 is 6.18 Å². The lowest BCUT2D eigenvalue weighted by Crippen LogP contribution is -2.11. The topological polar surface area (TPSA) is 55.5 Å². The fourth-order valence-corrected chi connectivity index (χ4v) is 1.69. The maximum Gasteiger partial charge on any atom is 0.416 e. The molecule has 6 heteroatoms. The highest BCUT2D eigenvalue weighted by Gasteiger charge is 2.33. The Morgan fingerprint density at radius 2 is 1.70 bits per heavy atom. The van der Waals surface area contributed by atoms with Gasteiger partial charge in [0.25, 0.3) is 0 Å². The van der Waals surface area contributed by atoms with Gasteiger partial charge in [-0.05, 0) is 36.4 Å². The first-order chi connectivity index (χ1) is 9.36. The largest absolute Gasteiger partial charge is 0.508 e. The van der Waals surface area contributed by atoms with Crippen LogP contribution in [0.3, 0.4) is 0 Å². The van der Waals surface area contributed by atoms with E-state index in [0.29, 0.717) is 5.75 Å². The zero-order valence-electron chi connectivity index (χ0n) is 10.3. The first kappa shape index (κ1) is 14.0. The molecule has 0 atom stereocenters. The number of nitrogen functional groups attached to an aromatic ring is 1. The van der Waals surface area contributed by atoms with Gasteiger partial charge in [0.1, 0.15) is 18.1 Å². The van der Waals surface area contributed by atoms with Gasteiger partial charge in [0.05, 0.1) is 5.56 Å². The Balaban J connectivity index is 2.19. The lowest BCUT2D eigenvalue weighted by Gasteiger charge is -2.14. The number of benzene rings is 2. The summed E-state index contributed by atoms with van der Waals surface area (Å²) >= 11 is 0. The van der Waals surface area contributed by atoms with Crippen molar-refractivity contribution in [2.24, 2.45) is 0 Å². The first-order valence-electron chi connectivity index (χ1n) is 5.73. The first-order valence-corrected chi connectivity index (χ1v) is 5.73. The lowest BCUT2D eigenvalue weighted by molar-refractivity contribution is -0.138. The van der Waals surface area contributed by atoms with E-state index in [1.54, 1.807) is 0 Å². The monoisotopic (exact) mass is 283 g/mol. The molecule has 3 N–H and O–H groups in total. The van der Waals surface area contributed by atoms with Crippen molar-refractivity contribution in [3.8, 4) is 11.5 Å². The fourth-order valence-electron chi connectivity index (χ4n) is 1.69. The van der Waals surface area contributed by atoms with Crippen molar-refractivity contribution >= 4 is 5.69 Å². The molecule has 0 spiro atoms. The summed E-state index contributed by atoms with van der Waals surface area (Å²) in [5.41, 5.74) is 4.62. The highest BCUT2D eigenvalue weighted by Crippen LogP contribution is 2.33. The van der Waals surface area contributed by atoms with Crippen molar-refractivity contribution < 1.29 is 23.0 Å². The maximum atomic E-state index is 12.9. The van der Waals surface area contributed by atoms with E-state index in [2.05, 4.69) is 0 Å². The molecular weight excluding hydrogens is 271 g/mol. The third-order valence-corrected chi connectivity index (χ3v) is 2.67. The van der Waals surface area contributed by atoms with Gasteiger partial charge in [-0.2, -0.15) is 13.2 Å².